The van der Waals surface area contributed by atoms with Gasteiger partial charge in [0.2, 0.25) is 5.83 Å². The van der Waals surface area contributed by atoms with Crippen molar-refractivity contribution in [2.24, 2.45) is 0 Å². The van der Waals surface area contributed by atoms with Gasteiger partial charge >= 0.3 is 12.2 Å². The van der Waals surface area contributed by atoms with Crippen LogP contribution in [-0.2, 0) is 6.42 Å². The second kappa shape index (κ2) is 12.0. The summed E-state index contributed by atoms with van der Waals surface area (Å²) in [6.45, 7) is 1.85. The molecule has 0 radical (unpaired) electrons. The van der Waals surface area contributed by atoms with Gasteiger partial charge in [0.15, 0.2) is 23.3 Å². The minimum Gasteiger partial charge on any atom is -0.255 e. The molecule has 0 aliphatic heterocycles. The molecule has 0 saturated carbocycles. The average molecular weight is 540 g/mol. The summed E-state index contributed by atoms with van der Waals surface area (Å²) < 4.78 is 141. The van der Waals surface area contributed by atoms with E-state index in [0.717, 1.165) is 24.3 Å². The van der Waals surface area contributed by atoms with Crippen LogP contribution in [0.5, 0.6) is 0 Å². The standard InChI is InChI=1S/C16H6F8O.C9H9F3/c17-11-6-8(15(21)25)2-3-9(11)7-1-4-10(12(18)5-7)13(19)14(20)16(22,23)24;1-2-3-6-4-5-7(10)9(12)8(6)11/h1-6H;4-5H,2-3H2,1H3/b14-13+;. The highest BCUT2D eigenvalue weighted by molar-refractivity contribution is 5.89. The Bertz CT molecular complexity index is 1330. The summed E-state index contributed by atoms with van der Waals surface area (Å²) in [7, 11) is 0. The smallest absolute Gasteiger partial charge is 0.255 e. The van der Waals surface area contributed by atoms with E-state index in [1.807, 2.05) is 6.92 Å². The third-order valence-corrected chi connectivity index (χ3v) is 4.79. The first kappa shape index (κ1) is 29.5. The number of halogens is 11. The minimum atomic E-state index is -5.63. The number of hydrogen-bond donors (Lipinski definition) is 0. The van der Waals surface area contributed by atoms with E-state index in [1.54, 1.807) is 0 Å². The molecule has 198 valence electrons. The van der Waals surface area contributed by atoms with Crippen LogP contribution >= 0.6 is 0 Å². The summed E-state index contributed by atoms with van der Waals surface area (Å²) in [4.78, 5) is 10.5. The zero-order valence-electron chi connectivity index (χ0n) is 18.6. The number of carbonyl (C=O) groups is 1. The van der Waals surface area contributed by atoms with Gasteiger partial charge in [-0.2, -0.15) is 22.0 Å². The van der Waals surface area contributed by atoms with Crippen LogP contribution in [0.25, 0.3) is 17.0 Å². The molecule has 0 aromatic heterocycles. The Morgan fingerprint density at radius 2 is 1.41 bits per heavy atom. The van der Waals surface area contributed by atoms with Crippen molar-refractivity contribution in [3.8, 4) is 11.1 Å². The highest BCUT2D eigenvalue weighted by Gasteiger charge is 2.39. The van der Waals surface area contributed by atoms with Crippen LogP contribution in [0.3, 0.4) is 0 Å². The molecule has 3 aromatic rings. The molecule has 0 amide bonds. The van der Waals surface area contributed by atoms with E-state index in [9.17, 15) is 53.1 Å². The van der Waals surface area contributed by atoms with Crippen LogP contribution in [0, 0.1) is 29.1 Å². The van der Waals surface area contributed by atoms with Gasteiger partial charge in [-0.05, 0) is 47.9 Å². The molecular formula is C25H15F11O. The highest BCUT2D eigenvalue weighted by Crippen LogP contribution is 2.36. The van der Waals surface area contributed by atoms with Crippen LogP contribution < -0.4 is 0 Å². The SMILES string of the molecule is CCCc1ccc(F)c(F)c1F.O=C(F)c1ccc(-c2ccc(/C(F)=C(\F)C(F)(F)F)c(F)c2)c(F)c1. The molecule has 0 saturated heterocycles. The zero-order chi connectivity index (χ0) is 28.1. The molecule has 37 heavy (non-hydrogen) atoms. The fraction of sp³-hybridized carbons (Fsp3) is 0.160. The van der Waals surface area contributed by atoms with Crippen molar-refractivity contribution in [1.29, 1.82) is 0 Å². The fourth-order valence-corrected chi connectivity index (χ4v) is 3.00. The molecule has 0 atom stereocenters. The Labute approximate surface area is 202 Å². The first-order valence-corrected chi connectivity index (χ1v) is 10.2. The number of alkyl halides is 3. The molecule has 1 nitrogen and oxygen atoms in total. The maximum atomic E-state index is 13.8. The predicted molar refractivity (Wildman–Crippen MR) is 113 cm³/mol. The first-order chi connectivity index (χ1) is 17.2. The molecule has 0 heterocycles. The second-order valence-electron chi connectivity index (χ2n) is 7.37. The van der Waals surface area contributed by atoms with E-state index in [1.165, 1.54) is 6.07 Å². The maximum Gasteiger partial charge on any atom is 0.445 e. The number of rotatable bonds is 5. The van der Waals surface area contributed by atoms with Gasteiger partial charge in [-0.15, -0.1) is 0 Å². The van der Waals surface area contributed by atoms with Crippen molar-refractivity contribution in [3.63, 3.8) is 0 Å². The van der Waals surface area contributed by atoms with Gasteiger partial charge in [-0.25, -0.2) is 26.3 Å². The van der Waals surface area contributed by atoms with Crippen LogP contribution in [0.15, 0.2) is 54.4 Å². The minimum absolute atomic E-state index is 0.233. The van der Waals surface area contributed by atoms with E-state index in [0.29, 0.717) is 31.0 Å². The third-order valence-electron chi connectivity index (χ3n) is 4.79. The van der Waals surface area contributed by atoms with Crippen LogP contribution in [0.4, 0.5) is 48.3 Å². The Balaban J connectivity index is 0.000000335. The van der Waals surface area contributed by atoms with E-state index in [4.69, 9.17) is 0 Å². The van der Waals surface area contributed by atoms with Crippen molar-refractivity contribution < 1.29 is 53.1 Å². The average Bonchev–Trinajstić information content (AvgIpc) is 2.83. The molecule has 12 heteroatoms. The van der Waals surface area contributed by atoms with E-state index in [-0.39, 0.29) is 16.7 Å². The molecular weight excluding hydrogens is 525 g/mol. The molecule has 0 aliphatic carbocycles. The highest BCUT2D eigenvalue weighted by atomic mass is 19.4. The van der Waals surface area contributed by atoms with Crippen molar-refractivity contribution in [2.45, 2.75) is 25.9 Å². The summed E-state index contributed by atoms with van der Waals surface area (Å²) in [5, 5.41) is 0. The lowest BCUT2D eigenvalue weighted by atomic mass is 10.0. The van der Waals surface area contributed by atoms with Gasteiger partial charge in [0.05, 0.1) is 5.56 Å². The predicted octanol–water partition coefficient (Wildman–Crippen LogP) is 8.97. The van der Waals surface area contributed by atoms with Gasteiger partial charge in [0.1, 0.15) is 11.6 Å². The Morgan fingerprint density at radius 3 is 1.92 bits per heavy atom. The molecule has 0 fully saturated rings. The lowest BCUT2D eigenvalue weighted by Crippen LogP contribution is -2.09. The number of benzene rings is 3. The number of allylic oxidation sites excluding steroid dienone is 1. The Kier molecular flexibility index (Phi) is 9.60. The largest absolute Gasteiger partial charge is 0.445 e. The van der Waals surface area contributed by atoms with Crippen LogP contribution in [0.1, 0.15) is 34.8 Å². The van der Waals surface area contributed by atoms with Crippen molar-refractivity contribution >= 4 is 11.9 Å². The molecule has 0 bridgehead atoms. The lowest BCUT2D eigenvalue weighted by molar-refractivity contribution is -0.108. The molecule has 0 aliphatic rings. The molecule has 3 rings (SSSR count). The fourth-order valence-electron chi connectivity index (χ4n) is 3.00. The number of aryl methyl sites for hydroxylation is 1. The molecule has 0 unspecified atom stereocenters. The first-order valence-electron chi connectivity index (χ1n) is 10.2. The van der Waals surface area contributed by atoms with Gasteiger partial charge in [-0.1, -0.05) is 31.5 Å². The molecule has 3 aromatic carbocycles. The van der Waals surface area contributed by atoms with Gasteiger partial charge in [-0.3, -0.25) is 4.79 Å². The molecule has 0 N–H and O–H groups in total. The summed E-state index contributed by atoms with van der Waals surface area (Å²) in [5.41, 5.74) is -2.22. The summed E-state index contributed by atoms with van der Waals surface area (Å²) in [6, 6.07) is 4.51. The van der Waals surface area contributed by atoms with Gasteiger partial charge < -0.3 is 0 Å². The van der Waals surface area contributed by atoms with E-state index < -0.39 is 64.1 Å². The summed E-state index contributed by atoms with van der Waals surface area (Å²) in [6.07, 6.45) is -4.49. The third kappa shape index (κ3) is 7.17. The van der Waals surface area contributed by atoms with Crippen LogP contribution in [0.2, 0.25) is 0 Å². The molecule has 0 spiro atoms. The van der Waals surface area contributed by atoms with Crippen molar-refractivity contribution in [2.75, 3.05) is 0 Å². The summed E-state index contributed by atoms with van der Waals surface area (Å²) in [5.74, 6) is -11.8. The normalized spacial score (nSPS) is 12.0. The second-order valence-corrected chi connectivity index (χ2v) is 7.37. The lowest BCUT2D eigenvalue weighted by Gasteiger charge is -2.09. The number of hydrogen-bond acceptors (Lipinski definition) is 1. The van der Waals surface area contributed by atoms with E-state index in [2.05, 4.69) is 0 Å². The zero-order valence-corrected chi connectivity index (χ0v) is 18.6. The van der Waals surface area contributed by atoms with Crippen molar-refractivity contribution in [3.05, 3.63) is 100 Å². The Morgan fingerprint density at radius 1 is 0.757 bits per heavy atom. The quantitative estimate of drug-likeness (QED) is 0.179. The van der Waals surface area contributed by atoms with Gasteiger partial charge in [0, 0.05) is 11.1 Å². The monoisotopic (exact) mass is 540 g/mol. The van der Waals surface area contributed by atoms with Gasteiger partial charge in [0.25, 0.3) is 0 Å². The maximum absolute atomic E-state index is 13.8. The topological polar surface area (TPSA) is 17.1 Å². The summed E-state index contributed by atoms with van der Waals surface area (Å²) >= 11 is 0. The Hall–Kier alpha value is -3.70. The van der Waals surface area contributed by atoms with Crippen molar-refractivity contribution in [1.82, 2.24) is 0 Å². The van der Waals surface area contributed by atoms with Crippen LogP contribution in [-0.4, -0.2) is 12.2 Å². The number of carbonyl (C=O) groups excluding carboxylic acids is 1. The van der Waals surface area contributed by atoms with E-state index >= 15 is 0 Å².